The van der Waals surface area contributed by atoms with Crippen molar-refractivity contribution in [3.63, 3.8) is 0 Å². The number of benzene rings is 1. The van der Waals surface area contributed by atoms with E-state index in [0.717, 1.165) is 70.2 Å². The Morgan fingerprint density at radius 2 is 1.55 bits per heavy atom. The molecular formula is C23H29ClN4O. The molecule has 0 aliphatic carbocycles. The Morgan fingerprint density at radius 3 is 2.24 bits per heavy atom. The molecule has 6 heteroatoms. The lowest BCUT2D eigenvalue weighted by Crippen LogP contribution is -2.51. The van der Waals surface area contributed by atoms with Crippen LogP contribution in [0.1, 0.15) is 24.0 Å². The van der Waals surface area contributed by atoms with Crippen molar-refractivity contribution < 1.29 is 4.79 Å². The number of likely N-dealkylation sites (tertiary alicyclic amines) is 1. The van der Waals surface area contributed by atoms with E-state index >= 15 is 0 Å². The molecule has 2 fully saturated rings. The molecule has 5 nitrogen and oxygen atoms in total. The largest absolute Gasteiger partial charge is 0.340 e. The highest BCUT2D eigenvalue weighted by Crippen LogP contribution is 2.22. The van der Waals surface area contributed by atoms with E-state index in [9.17, 15) is 4.79 Å². The van der Waals surface area contributed by atoms with E-state index in [1.54, 1.807) is 0 Å². The maximum Gasteiger partial charge on any atom is 0.225 e. The van der Waals surface area contributed by atoms with Crippen molar-refractivity contribution in [1.29, 1.82) is 0 Å². The molecule has 0 N–H and O–H groups in total. The first-order valence-corrected chi connectivity index (χ1v) is 10.9. The molecule has 0 spiro atoms. The summed E-state index contributed by atoms with van der Waals surface area (Å²) in [5.41, 5.74) is 2.53. The van der Waals surface area contributed by atoms with Crippen LogP contribution in [-0.4, -0.2) is 64.9 Å². The minimum atomic E-state index is 0.183. The number of hydrogen-bond donors (Lipinski definition) is 0. The number of carbonyl (C=O) groups is 1. The van der Waals surface area contributed by atoms with Gasteiger partial charge in [-0.2, -0.15) is 0 Å². The number of hydrogen-bond acceptors (Lipinski definition) is 4. The van der Waals surface area contributed by atoms with Crippen LogP contribution < -0.4 is 0 Å². The first-order valence-electron chi connectivity index (χ1n) is 10.5. The van der Waals surface area contributed by atoms with Gasteiger partial charge in [-0.1, -0.05) is 23.7 Å². The second-order valence-corrected chi connectivity index (χ2v) is 8.57. The molecule has 0 saturated carbocycles. The van der Waals surface area contributed by atoms with Crippen molar-refractivity contribution in [2.45, 2.75) is 25.9 Å². The summed E-state index contributed by atoms with van der Waals surface area (Å²) in [6.07, 6.45) is 5.62. The number of amides is 1. The SMILES string of the molecule is O=C(C1CCN(Cc2ccncc2)CC1)N1CCN(Cc2cccc(Cl)c2)CC1. The lowest BCUT2D eigenvalue weighted by molar-refractivity contribution is -0.139. The predicted molar refractivity (Wildman–Crippen MR) is 116 cm³/mol. The molecule has 154 valence electrons. The van der Waals surface area contributed by atoms with Crippen LogP contribution in [0, 0.1) is 5.92 Å². The van der Waals surface area contributed by atoms with Crippen LogP contribution in [0.3, 0.4) is 0 Å². The van der Waals surface area contributed by atoms with Crippen molar-refractivity contribution >= 4 is 17.5 Å². The number of piperidine rings is 1. The fourth-order valence-corrected chi connectivity index (χ4v) is 4.58. The minimum absolute atomic E-state index is 0.183. The molecule has 0 radical (unpaired) electrons. The van der Waals surface area contributed by atoms with Crippen molar-refractivity contribution in [3.8, 4) is 0 Å². The number of carbonyl (C=O) groups excluding carboxylic acids is 1. The third kappa shape index (κ3) is 5.56. The first kappa shape index (κ1) is 20.3. The molecule has 2 aliphatic heterocycles. The number of halogens is 1. The fourth-order valence-electron chi connectivity index (χ4n) is 4.36. The molecule has 0 unspecified atom stereocenters. The molecule has 0 atom stereocenters. The molecule has 2 aromatic rings. The summed E-state index contributed by atoms with van der Waals surface area (Å²) in [7, 11) is 0. The van der Waals surface area contributed by atoms with E-state index in [2.05, 4.69) is 37.9 Å². The number of rotatable bonds is 5. The minimum Gasteiger partial charge on any atom is -0.340 e. The molecule has 3 heterocycles. The van der Waals surface area contributed by atoms with Crippen LogP contribution in [0.5, 0.6) is 0 Å². The zero-order valence-corrected chi connectivity index (χ0v) is 17.6. The number of pyridine rings is 1. The molecule has 1 aromatic heterocycles. The van der Waals surface area contributed by atoms with Gasteiger partial charge in [-0.15, -0.1) is 0 Å². The standard InChI is InChI=1S/C23H29ClN4O/c24-22-3-1-2-20(16-22)18-27-12-14-28(15-13-27)23(29)21-6-10-26(11-7-21)17-19-4-8-25-9-5-19/h1-5,8-9,16,21H,6-7,10-15,17-18H2. The summed E-state index contributed by atoms with van der Waals surface area (Å²) < 4.78 is 0. The van der Waals surface area contributed by atoms with E-state index in [0.29, 0.717) is 5.91 Å². The zero-order valence-electron chi connectivity index (χ0n) is 16.8. The third-order valence-corrected chi connectivity index (χ3v) is 6.31. The quantitative estimate of drug-likeness (QED) is 0.755. The van der Waals surface area contributed by atoms with Crippen LogP contribution in [0.4, 0.5) is 0 Å². The molecule has 2 aliphatic rings. The van der Waals surface area contributed by atoms with Gasteiger partial charge in [-0.05, 0) is 61.3 Å². The van der Waals surface area contributed by atoms with Gasteiger partial charge >= 0.3 is 0 Å². The molecule has 1 aromatic carbocycles. The zero-order chi connectivity index (χ0) is 20.1. The lowest BCUT2D eigenvalue weighted by atomic mass is 9.94. The van der Waals surface area contributed by atoms with Crippen LogP contribution in [0.2, 0.25) is 5.02 Å². The first-order chi connectivity index (χ1) is 14.2. The normalized spacial score (nSPS) is 19.4. The fraction of sp³-hybridized carbons (Fsp3) is 0.478. The van der Waals surface area contributed by atoms with E-state index in [-0.39, 0.29) is 5.92 Å². The van der Waals surface area contributed by atoms with Gasteiger partial charge in [0.1, 0.15) is 0 Å². The Kier molecular flexibility index (Phi) is 6.80. The van der Waals surface area contributed by atoms with E-state index < -0.39 is 0 Å². The molecule has 29 heavy (non-hydrogen) atoms. The van der Waals surface area contributed by atoms with E-state index in [1.807, 2.05) is 30.6 Å². The smallest absolute Gasteiger partial charge is 0.225 e. The molecule has 2 saturated heterocycles. The molecule has 0 bridgehead atoms. The Hall–Kier alpha value is -1.95. The van der Waals surface area contributed by atoms with Crippen molar-refractivity contribution in [2.75, 3.05) is 39.3 Å². The van der Waals surface area contributed by atoms with Gasteiger partial charge < -0.3 is 4.90 Å². The summed E-state index contributed by atoms with van der Waals surface area (Å²) in [6.45, 7) is 7.36. The molecule has 4 rings (SSSR count). The van der Waals surface area contributed by atoms with E-state index in [1.165, 1.54) is 11.1 Å². The Morgan fingerprint density at radius 1 is 0.897 bits per heavy atom. The topological polar surface area (TPSA) is 39.7 Å². The van der Waals surface area contributed by atoms with Gasteiger partial charge in [-0.3, -0.25) is 19.6 Å². The monoisotopic (exact) mass is 412 g/mol. The Labute approximate surface area is 178 Å². The second-order valence-electron chi connectivity index (χ2n) is 8.14. The van der Waals surface area contributed by atoms with Gasteiger partial charge in [0.25, 0.3) is 0 Å². The van der Waals surface area contributed by atoms with Gasteiger partial charge in [0, 0.05) is 62.6 Å². The third-order valence-electron chi connectivity index (χ3n) is 6.07. The van der Waals surface area contributed by atoms with Gasteiger partial charge in [-0.25, -0.2) is 0 Å². The predicted octanol–water partition coefficient (Wildman–Crippen LogP) is 3.29. The second kappa shape index (κ2) is 9.70. The van der Waals surface area contributed by atoms with Crippen LogP contribution >= 0.6 is 11.6 Å². The lowest BCUT2D eigenvalue weighted by Gasteiger charge is -2.38. The Balaban J connectivity index is 1.21. The summed E-state index contributed by atoms with van der Waals surface area (Å²) in [4.78, 5) is 24.0. The average Bonchev–Trinajstić information content (AvgIpc) is 2.75. The summed E-state index contributed by atoms with van der Waals surface area (Å²) >= 11 is 6.09. The highest BCUT2D eigenvalue weighted by molar-refractivity contribution is 6.30. The van der Waals surface area contributed by atoms with Crippen molar-refractivity contribution in [2.24, 2.45) is 5.92 Å². The van der Waals surface area contributed by atoms with E-state index in [4.69, 9.17) is 11.6 Å². The average molecular weight is 413 g/mol. The molecule has 1 amide bonds. The van der Waals surface area contributed by atoms with Gasteiger partial charge in [0.05, 0.1) is 0 Å². The maximum absolute atomic E-state index is 13.0. The summed E-state index contributed by atoms with van der Waals surface area (Å²) in [6, 6.07) is 12.2. The maximum atomic E-state index is 13.0. The summed E-state index contributed by atoms with van der Waals surface area (Å²) in [5.74, 6) is 0.541. The summed E-state index contributed by atoms with van der Waals surface area (Å²) in [5, 5.41) is 0.784. The van der Waals surface area contributed by atoms with Crippen molar-refractivity contribution in [3.05, 3.63) is 64.9 Å². The highest BCUT2D eigenvalue weighted by atomic mass is 35.5. The van der Waals surface area contributed by atoms with Crippen LogP contribution in [-0.2, 0) is 17.9 Å². The Bertz CT molecular complexity index is 800. The van der Waals surface area contributed by atoms with Gasteiger partial charge in [0.2, 0.25) is 5.91 Å². The van der Waals surface area contributed by atoms with Gasteiger partial charge in [0.15, 0.2) is 0 Å². The number of piperazine rings is 1. The number of aromatic nitrogens is 1. The molecular weight excluding hydrogens is 384 g/mol. The number of nitrogens with zero attached hydrogens (tertiary/aromatic N) is 4. The van der Waals surface area contributed by atoms with Crippen LogP contribution in [0.25, 0.3) is 0 Å². The highest BCUT2D eigenvalue weighted by Gasteiger charge is 2.30. The van der Waals surface area contributed by atoms with Crippen molar-refractivity contribution in [1.82, 2.24) is 19.7 Å². The van der Waals surface area contributed by atoms with Crippen LogP contribution in [0.15, 0.2) is 48.8 Å².